The van der Waals surface area contributed by atoms with Crippen molar-refractivity contribution in [2.45, 2.75) is 17.9 Å². The third-order valence-corrected chi connectivity index (χ3v) is 6.62. The van der Waals surface area contributed by atoms with Crippen LogP contribution in [0.1, 0.15) is 6.92 Å². The number of hydrogen-bond donors (Lipinski definition) is 0. The van der Waals surface area contributed by atoms with E-state index in [2.05, 4.69) is 0 Å². The predicted molar refractivity (Wildman–Crippen MR) is 49.9 cm³/mol. The van der Waals surface area contributed by atoms with Gasteiger partial charge in [-0.2, -0.15) is 26.3 Å². The zero-order valence-electron chi connectivity index (χ0n) is 8.28. The van der Waals surface area contributed by atoms with Crippen LogP contribution < -0.4 is 0 Å². The molecule has 0 aromatic carbocycles. The molecule has 0 saturated carbocycles. The van der Waals surface area contributed by atoms with E-state index >= 15 is 0 Å². The molecule has 0 amide bonds. The topological polar surface area (TPSA) is 71.5 Å². The fraction of sp³-hybridized carbons (Fsp3) is 1.00. The monoisotopic (exact) mass is 341 g/mol. The molecule has 18 heavy (non-hydrogen) atoms. The molecule has 0 aromatic heterocycles. The first-order chi connectivity index (χ1) is 7.69. The van der Waals surface area contributed by atoms with Gasteiger partial charge in [0.2, 0.25) is 0 Å². The van der Waals surface area contributed by atoms with Gasteiger partial charge in [0, 0.05) is 5.75 Å². The third kappa shape index (κ3) is 3.21. The summed E-state index contributed by atoms with van der Waals surface area (Å²) >= 11 is -0.639. The van der Waals surface area contributed by atoms with Crippen LogP contribution >= 0.6 is 11.9 Å². The molecular formula is C4H5F6NO4S3. The quantitative estimate of drug-likeness (QED) is 0.574. The van der Waals surface area contributed by atoms with E-state index < -0.39 is 51.9 Å². The molecule has 14 heteroatoms. The van der Waals surface area contributed by atoms with Crippen molar-refractivity contribution in [3.63, 3.8) is 0 Å². The van der Waals surface area contributed by atoms with Gasteiger partial charge in [-0.25, -0.2) is 16.8 Å². The average molecular weight is 341 g/mol. The first-order valence-electron chi connectivity index (χ1n) is 3.75. The Morgan fingerprint density at radius 1 is 0.889 bits per heavy atom. The van der Waals surface area contributed by atoms with Gasteiger partial charge in [-0.05, 0) is 15.1 Å². The second kappa shape index (κ2) is 5.05. The molecule has 0 atom stereocenters. The second-order valence-electron chi connectivity index (χ2n) is 2.48. The summed E-state index contributed by atoms with van der Waals surface area (Å²) in [7, 11) is -13.3. The van der Waals surface area contributed by atoms with Gasteiger partial charge in [0.05, 0.1) is 0 Å². The van der Waals surface area contributed by atoms with Gasteiger partial charge in [0.25, 0.3) is 0 Å². The molecule has 0 N–H and O–H groups in total. The molecule has 0 unspecified atom stereocenters. The van der Waals surface area contributed by atoms with Gasteiger partial charge in [-0.1, -0.05) is 6.92 Å². The number of rotatable bonds is 4. The summed E-state index contributed by atoms with van der Waals surface area (Å²) in [4.78, 5) is 0. The Morgan fingerprint density at radius 2 is 1.17 bits per heavy atom. The van der Waals surface area contributed by atoms with Crippen molar-refractivity contribution in [3.05, 3.63) is 0 Å². The highest BCUT2D eigenvalue weighted by Crippen LogP contribution is 2.39. The number of halogens is 6. The molecule has 0 spiro atoms. The summed E-state index contributed by atoms with van der Waals surface area (Å²) in [5, 5.41) is 0. The SMILES string of the molecule is CCSN(S(=O)(=O)C(F)(F)F)S(=O)(=O)C(F)(F)F. The molecule has 5 nitrogen and oxygen atoms in total. The minimum Gasteiger partial charge on any atom is -0.201 e. The number of hydrogen-bond acceptors (Lipinski definition) is 5. The van der Waals surface area contributed by atoms with Gasteiger partial charge >= 0.3 is 31.1 Å². The smallest absolute Gasteiger partial charge is 0.201 e. The van der Waals surface area contributed by atoms with Crippen LogP contribution in [-0.4, -0.2) is 36.7 Å². The number of sulfonamides is 2. The Balaban J connectivity index is 5.95. The van der Waals surface area contributed by atoms with E-state index in [1.54, 1.807) is 0 Å². The van der Waals surface area contributed by atoms with Gasteiger partial charge in [0.1, 0.15) is 0 Å². The summed E-state index contributed by atoms with van der Waals surface area (Å²) in [5.41, 5.74) is -12.3. The van der Waals surface area contributed by atoms with Crippen molar-refractivity contribution in [2.75, 3.05) is 5.75 Å². The highest BCUT2D eigenvalue weighted by atomic mass is 32.3. The fourth-order valence-corrected chi connectivity index (χ4v) is 4.88. The Bertz CT molecular complexity index is 446. The standard InChI is InChI=1S/C4H5F6NO4S3/c1-2-16-11(17(12,13)3(5,6)7)18(14,15)4(8,9)10/h2H2,1H3. The van der Waals surface area contributed by atoms with Gasteiger partial charge < -0.3 is 0 Å². The molecule has 0 heterocycles. The van der Waals surface area contributed by atoms with E-state index in [4.69, 9.17) is 0 Å². The molecule has 0 aliphatic heterocycles. The van der Waals surface area contributed by atoms with E-state index in [1.807, 2.05) is 0 Å². The molecule has 0 aromatic rings. The highest BCUT2D eigenvalue weighted by Gasteiger charge is 2.62. The zero-order chi connectivity index (χ0) is 15.0. The maximum atomic E-state index is 12.1. The summed E-state index contributed by atoms with van der Waals surface area (Å²) in [6, 6.07) is 0. The van der Waals surface area contributed by atoms with E-state index in [9.17, 15) is 43.2 Å². The first-order valence-corrected chi connectivity index (χ1v) is 7.57. The van der Waals surface area contributed by atoms with Crippen molar-refractivity contribution in [1.82, 2.24) is 3.12 Å². The summed E-state index contributed by atoms with van der Waals surface area (Å²) in [6.07, 6.45) is 0. The van der Waals surface area contributed by atoms with Gasteiger partial charge in [-0.3, -0.25) is 0 Å². The first kappa shape index (κ1) is 17.8. The zero-order valence-corrected chi connectivity index (χ0v) is 10.7. The van der Waals surface area contributed by atoms with E-state index in [0.29, 0.717) is 0 Å². The second-order valence-corrected chi connectivity index (χ2v) is 7.93. The minimum atomic E-state index is -6.65. The van der Waals surface area contributed by atoms with E-state index in [1.165, 1.54) is 0 Å². The summed E-state index contributed by atoms with van der Waals surface area (Å²) < 4.78 is 114. The van der Waals surface area contributed by atoms with Crippen LogP contribution in [0.2, 0.25) is 0 Å². The van der Waals surface area contributed by atoms with Crippen LogP contribution in [0.15, 0.2) is 0 Å². The maximum absolute atomic E-state index is 12.1. The lowest BCUT2D eigenvalue weighted by Crippen LogP contribution is -2.45. The Labute approximate surface area is 102 Å². The Hall–Kier alpha value is -0.210. The largest absolute Gasteiger partial charge is 0.513 e. The highest BCUT2D eigenvalue weighted by molar-refractivity contribution is 8.20. The van der Waals surface area contributed by atoms with Crippen molar-refractivity contribution >= 4 is 32.0 Å². The van der Waals surface area contributed by atoms with Crippen molar-refractivity contribution in [2.24, 2.45) is 0 Å². The van der Waals surface area contributed by atoms with Crippen LogP contribution in [0, 0.1) is 0 Å². The number of nitrogens with zero attached hydrogens (tertiary/aromatic N) is 1. The molecule has 0 rings (SSSR count). The lowest BCUT2D eigenvalue weighted by Gasteiger charge is -2.22. The van der Waals surface area contributed by atoms with Crippen LogP contribution in [0.25, 0.3) is 0 Å². The molecular weight excluding hydrogens is 336 g/mol. The van der Waals surface area contributed by atoms with Gasteiger partial charge in [0.15, 0.2) is 0 Å². The van der Waals surface area contributed by atoms with Crippen molar-refractivity contribution in [1.29, 1.82) is 0 Å². The Morgan fingerprint density at radius 3 is 1.33 bits per heavy atom. The van der Waals surface area contributed by atoms with Crippen molar-refractivity contribution in [3.8, 4) is 0 Å². The van der Waals surface area contributed by atoms with E-state index in [0.717, 1.165) is 6.92 Å². The maximum Gasteiger partial charge on any atom is 0.513 e. The molecule has 0 saturated heterocycles. The van der Waals surface area contributed by atoms with Crippen LogP contribution in [-0.2, 0) is 20.0 Å². The van der Waals surface area contributed by atoms with Crippen LogP contribution in [0.3, 0.4) is 0 Å². The minimum absolute atomic E-state index is 0.634. The number of alkyl halides is 6. The third-order valence-electron chi connectivity index (χ3n) is 1.21. The van der Waals surface area contributed by atoms with Crippen LogP contribution in [0.5, 0.6) is 0 Å². The summed E-state index contributed by atoms with van der Waals surface area (Å²) in [5.74, 6) is -0.634. The predicted octanol–water partition coefficient (Wildman–Crippen LogP) is 1.66. The molecule has 0 fully saturated rings. The lowest BCUT2D eigenvalue weighted by molar-refractivity contribution is -0.0503. The molecule has 0 radical (unpaired) electrons. The summed E-state index contributed by atoms with van der Waals surface area (Å²) in [6.45, 7) is 0.982. The molecule has 110 valence electrons. The van der Waals surface area contributed by atoms with Crippen LogP contribution in [0.4, 0.5) is 26.3 Å². The average Bonchev–Trinajstić information content (AvgIpc) is 2.09. The normalized spacial score (nSPS) is 15.1. The van der Waals surface area contributed by atoms with Crippen molar-refractivity contribution < 1.29 is 43.2 Å². The Kier molecular flexibility index (Phi) is 4.99. The fourth-order valence-electron chi connectivity index (χ4n) is 0.542. The molecule has 0 aliphatic carbocycles. The molecule has 0 bridgehead atoms. The van der Waals surface area contributed by atoms with E-state index in [-0.39, 0.29) is 0 Å². The lowest BCUT2D eigenvalue weighted by atomic mass is 11.0. The molecule has 0 aliphatic rings. The van der Waals surface area contributed by atoms with Gasteiger partial charge in [-0.15, -0.1) is 0 Å².